The van der Waals surface area contributed by atoms with Crippen molar-refractivity contribution in [2.75, 3.05) is 12.3 Å². The molecule has 0 atom stereocenters. The van der Waals surface area contributed by atoms with Gasteiger partial charge in [-0.3, -0.25) is 19.1 Å². The molecule has 5 aromatic rings. The second kappa shape index (κ2) is 10.8. The standard InChI is InChI=1S/C30H21ClN4O3S/c31-21-12-10-20(11-13-21)27-32-33-30(39-19-18-34-28(36)25-8-4-5-9-26(25)29(34)37)35(27)22-14-16-24(17-15-22)38-23-6-2-1-3-7-23/h1-17H,18-19H2. The molecule has 1 aliphatic rings. The highest BCUT2D eigenvalue weighted by molar-refractivity contribution is 7.99. The Hall–Kier alpha value is -4.40. The average Bonchev–Trinajstić information content (AvgIpc) is 3.49. The summed E-state index contributed by atoms with van der Waals surface area (Å²) in [5.41, 5.74) is 2.58. The molecule has 9 heteroatoms. The van der Waals surface area contributed by atoms with E-state index in [0.717, 1.165) is 17.0 Å². The maximum Gasteiger partial charge on any atom is 0.261 e. The number of hydrogen-bond acceptors (Lipinski definition) is 6. The van der Waals surface area contributed by atoms with E-state index in [1.54, 1.807) is 24.3 Å². The summed E-state index contributed by atoms with van der Waals surface area (Å²) in [6.45, 7) is 0.254. The van der Waals surface area contributed by atoms with Crippen molar-refractivity contribution in [2.24, 2.45) is 0 Å². The summed E-state index contributed by atoms with van der Waals surface area (Å²) >= 11 is 7.54. The lowest BCUT2D eigenvalue weighted by Crippen LogP contribution is -2.31. The predicted octanol–water partition coefficient (Wildman–Crippen LogP) is 6.77. The van der Waals surface area contributed by atoms with E-state index >= 15 is 0 Å². The molecule has 6 rings (SSSR count). The van der Waals surface area contributed by atoms with Crippen LogP contribution < -0.4 is 4.74 Å². The highest BCUT2D eigenvalue weighted by Gasteiger charge is 2.34. The van der Waals surface area contributed by atoms with Gasteiger partial charge >= 0.3 is 0 Å². The quantitative estimate of drug-likeness (QED) is 0.156. The van der Waals surface area contributed by atoms with Crippen LogP contribution in [-0.4, -0.2) is 43.8 Å². The van der Waals surface area contributed by atoms with Crippen LogP contribution in [0, 0.1) is 0 Å². The fourth-order valence-electron chi connectivity index (χ4n) is 4.34. The first-order chi connectivity index (χ1) is 19.1. The molecule has 4 aromatic carbocycles. The Morgan fingerprint density at radius 1 is 0.718 bits per heavy atom. The molecule has 0 radical (unpaired) electrons. The highest BCUT2D eigenvalue weighted by atomic mass is 35.5. The van der Waals surface area contributed by atoms with Crippen LogP contribution >= 0.6 is 23.4 Å². The molecule has 1 aliphatic heterocycles. The number of thioether (sulfide) groups is 1. The van der Waals surface area contributed by atoms with Gasteiger partial charge in [0, 0.05) is 28.6 Å². The summed E-state index contributed by atoms with van der Waals surface area (Å²) < 4.78 is 7.89. The van der Waals surface area contributed by atoms with E-state index in [-0.39, 0.29) is 18.4 Å². The van der Waals surface area contributed by atoms with Gasteiger partial charge in [0.15, 0.2) is 11.0 Å². The first-order valence-electron chi connectivity index (χ1n) is 12.2. The zero-order valence-corrected chi connectivity index (χ0v) is 22.1. The van der Waals surface area contributed by atoms with Gasteiger partial charge in [0.05, 0.1) is 11.1 Å². The second-order valence-corrected chi connectivity index (χ2v) is 10.2. The van der Waals surface area contributed by atoms with Crippen molar-refractivity contribution >= 4 is 35.2 Å². The third-order valence-electron chi connectivity index (χ3n) is 6.23. The van der Waals surface area contributed by atoms with Crippen molar-refractivity contribution in [3.05, 3.63) is 119 Å². The molecule has 39 heavy (non-hydrogen) atoms. The van der Waals surface area contributed by atoms with Crippen molar-refractivity contribution in [2.45, 2.75) is 5.16 Å². The van der Waals surface area contributed by atoms with Crippen LogP contribution in [0.2, 0.25) is 5.02 Å². The molecular formula is C30H21ClN4O3S. The minimum atomic E-state index is -0.270. The molecule has 0 bridgehead atoms. The van der Waals surface area contributed by atoms with E-state index in [4.69, 9.17) is 16.3 Å². The Morgan fingerprint density at radius 2 is 1.33 bits per heavy atom. The summed E-state index contributed by atoms with van der Waals surface area (Å²) in [5.74, 6) is 2.01. The molecule has 2 heterocycles. The molecule has 0 aliphatic carbocycles. The number of aromatic nitrogens is 3. The van der Waals surface area contributed by atoms with Crippen LogP contribution in [0.15, 0.2) is 108 Å². The second-order valence-electron chi connectivity index (χ2n) is 8.71. The minimum absolute atomic E-state index is 0.254. The van der Waals surface area contributed by atoms with Gasteiger partial charge in [-0.25, -0.2) is 0 Å². The third kappa shape index (κ3) is 5.04. The smallest absolute Gasteiger partial charge is 0.261 e. The van der Waals surface area contributed by atoms with E-state index in [9.17, 15) is 9.59 Å². The van der Waals surface area contributed by atoms with Crippen LogP contribution in [0.5, 0.6) is 11.5 Å². The van der Waals surface area contributed by atoms with E-state index in [1.165, 1.54) is 16.7 Å². The molecule has 2 amide bonds. The monoisotopic (exact) mass is 552 g/mol. The molecular weight excluding hydrogens is 532 g/mol. The number of ether oxygens (including phenoxy) is 1. The van der Waals surface area contributed by atoms with Gasteiger partial charge in [0.25, 0.3) is 11.8 Å². The summed E-state index contributed by atoms with van der Waals surface area (Å²) in [4.78, 5) is 26.8. The van der Waals surface area contributed by atoms with Gasteiger partial charge in [0.2, 0.25) is 0 Å². The number of nitrogens with zero attached hydrogens (tertiary/aromatic N) is 4. The maximum atomic E-state index is 12.8. The van der Waals surface area contributed by atoms with Gasteiger partial charge in [-0.2, -0.15) is 0 Å². The molecule has 0 saturated heterocycles. The first-order valence-corrected chi connectivity index (χ1v) is 13.6. The molecule has 0 N–H and O–H groups in total. The molecule has 7 nitrogen and oxygen atoms in total. The lowest BCUT2D eigenvalue weighted by molar-refractivity contribution is 0.0664. The van der Waals surface area contributed by atoms with Crippen molar-refractivity contribution < 1.29 is 14.3 Å². The van der Waals surface area contributed by atoms with Crippen LogP contribution in [0.1, 0.15) is 20.7 Å². The zero-order chi connectivity index (χ0) is 26.8. The van der Waals surface area contributed by atoms with Gasteiger partial charge in [-0.15, -0.1) is 10.2 Å². The predicted molar refractivity (Wildman–Crippen MR) is 151 cm³/mol. The topological polar surface area (TPSA) is 77.3 Å². The molecule has 0 fully saturated rings. The normalized spacial score (nSPS) is 12.6. The number of para-hydroxylation sites is 1. The summed E-state index contributed by atoms with van der Waals surface area (Å²) in [6.07, 6.45) is 0. The maximum absolute atomic E-state index is 12.8. The summed E-state index contributed by atoms with van der Waals surface area (Å²) in [7, 11) is 0. The fourth-order valence-corrected chi connectivity index (χ4v) is 5.34. The molecule has 0 unspecified atom stereocenters. The van der Waals surface area contributed by atoms with Gasteiger partial charge in [0.1, 0.15) is 11.5 Å². The molecule has 0 saturated carbocycles. The summed E-state index contributed by atoms with van der Waals surface area (Å²) in [5, 5.41) is 10.2. The Kier molecular flexibility index (Phi) is 6.87. The Balaban J connectivity index is 1.25. The number of halogens is 1. The van der Waals surface area contributed by atoms with Crippen molar-refractivity contribution in [1.82, 2.24) is 19.7 Å². The number of imide groups is 1. The number of amides is 2. The summed E-state index contributed by atoms with van der Waals surface area (Å²) in [6, 6.07) is 31.5. The van der Waals surface area contributed by atoms with Crippen LogP contribution in [0.3, 0.4) is 0 Å². The number of hydrogen-bond donors (Lipinski definition) is 0. The molecule has 192 valence electrons. The lowest BCUT2D eigenvalue weighted by atomic mass is 10.1. The number of fused-ring (bicyclic) bond motifs is 1. The number of rotatable bonds is 8. The molecule has 0 spiro atoms. The number of carbonyl (C=O) groups is 2. The van der Waals surface area contributed by atoms with Crippen LogP contribution in [0.25, 0.3) is 17.1 Å². The Morgan fingerprint density at radius 3 is 2.00 bits per heavy atom. The van der Waals surface area contributed by atoms with Gasteiger partial charge in [-0.05, 0) is 72.8 Å². The first kappa shape index (κ1) is 24.9. The van der Waals surface area contributed by atoms with E-state index in [0.29, 0.717) is 38.6 Å². The third-order valence-corrected chi connectivity index (χ3v) is 7.39. The van der Waals surface area contributed by atoms with Gasteiger partial charge < -0.3 is 4.74 Å². The number of carbonyl (C=O) groups excluding carboxylic acids is 2. The lowest BCUT2D eigenvalue weighted by Gasteiger charge is -2.14. The van der Waals surface area contributed by atoms with Crippen molar-refractivity contribution in [1.29, 1.82) is 0 Å². The average molecular weight is 553 g/mol. The van der Waals surface area contributed by atoms with Crippen LogP contribution in [-0.2, 0) is 0 Å². The van der Waals surface area contributed by atoms with E-state index in [2.05, 4.69) is 10.2 Å². The Bertz CT molecular complexity index is 1620. The number of benzene rings is 4. The van der Waals surface area contributed by atoms with Gasteiger partial charge in [-0.1, -0.05) is 53.7 Å². The largest absolute Gasteiger partial charge is 0.457 e. The van der Waals surface area contributed by atoms with Crippen LogP contribution in [0.4, 0.5) is 0 Å². The fraction of sp³-hybridized carbons (Fsp3) is 0.0667. The van der Waals surface area contributed by atoms with Crippen molar-refractivity contribution in [3.63, 3.8) is 0 Å². The zero-order valence-electron chi connectivity index (χ0n) is 20.5. The molecule has 1 aromatic heterocycles. The highest BCUT2D eigenvalue weighted by Crippen LogP contribution is 2.31. The van der Waals surface area contributed by atoms with E-state index in [1.807, 2.05) is 83.4 Å². The minimum Gasteiger partial charge on any atom is -0.457 e. The van der Waals surface area contributed by atoms with Crippen molar-refractivity contribution in [3.8, 4) is 28.6 Å². The Labute approximate surface area is 234 Å². The SMILES string of the molecule is O=C1c2ccccc2C(=O)N1CCSc1nnc(-c2ccc(Cl)cc2)n1-c1ccc(Oc2ccccc2)cc1. The van der Waals surface area contributed by atoms with E-state index < -0.39 is 0 Å².